The molecule has 2 aromatic rings. The minimum Gasteiger partial charge on any atom is -0.404 e. The molecule has 0 spiro atoms. The summed E-state index contributed by atoms with van der Waals surface area (Å²) < 4.78 is 59.8. The Morgan fingerprint density at radius 3 is 2.51 bits per heavy atom. The van der Waals surface area contributed by atoms with E-state index in [2.05, 4.69) is 9.98 Å². The van der Waals surface area contributed by atoms with Crippen molar-refractivity contribution in [2.75, 3.05) is 6.54 Å². The van der Waals surface area contributed by atoms with Crippen molar-refractivity contribution in [1.82, 2.24) is 0 Å². The minimum absolute atomic E-state index is 0.0441. The maximum absolute atomic E-state index is 14.1. The third-order valence-electron chi connectivity index (χ3n) is 5.74. The SMILES string of the molecule is C[C@@H](OCc1ccccc1)c1cc(F)ccc1N=C(C=C(N)C(F)(F)F)C(O)C(C=NCC1CC1)=CN. The molecule has 37 heavy (non-hydrogen) atoms. The Hall–Kier alpha value is -3.50. The molecule has 1 saturated carbocycles. The predicted molar refractivity (Wildman–Crippen MR) is 136 cm³/mol. The number of halogens is 4. The van der Waals surface area contributed by atoms with E-state index in [-0.39, 0.29) is 23.4 Å². The highest BCUT2D eigenvalue weighted by molar-refractivity contribution is 6.06. The van der Waals surface area contributed by atoms with Gasteiger partial charge in [0.05, 0.1) is 24.1 Å². The molecule has 0 aromatic heterocycles. The lowest BCUT2D eigenvalue weighted by Gasteiger charge is -2.18. The van der Waals surface area contributed by atoms with Gasteiger partial charge < -0.3 is 21.3 Å². The van der Waals surface area contributed by atoms with Crippen LogP contribution in [0.4, 0.5) is 23.2 Å². The summed E-state index contributed by atoms with van der Waals surface area (Å²) in [6.07, 6.45) is -2.21. The number of aliphatic imine (C=N–C) groups is 2. The van der Waals surface area contributed by atoms with Gasteiger partial charge in [0.1, 0.15) is 17.6 Å². The van der Waals surface area contributed by atoms with Crippen LogP contribution in [0.2, 0.25) is 0 Å². The first-order chi connectivity index (χ1) is 17.6. The normalized spacial score (nSPS) is 17.3. The van der Waals surface area contributed by atoms with Gasteiger partial charge in [0.2, 0.25) is 0 Å². The van der Waals surface area contributed by atoms with Crippen LogP contribution in [0.3, 0.4) is 0 Å². The monoisotopic (exact) mass is 518 g/mol. The third kappa shape index (κ3) is 8.54. The summed E-state index contributed by atoms with van der Waals surface area (Å²) in [5.74, 6) is -0.119. The van der Waals surface area contributed by atoms with Gasteiger partial charge in [-0.05, 0) is 55.5 Å². The van der Waals surface area contributed by atoms with Gasteiger partial charge in [-0.25, -0.2) is 9.38 Å². The average Bonchev–Trinajstić information content (AvgIpc) is 3.70. The number of hydrogen-bond donors (Lipinski definition) is 3. The molecule has 198 valence electrons. The molecule has 0 aliphatic heterocycles. The van der Waals surface area contributed by atoms with Crippen molar-refractivity contribution in [3.8, 4) is 0 Å². The highest BCUT2D eigenvalue weighted by Crippen LogP contribution is 2.31. The van der Waals surface area contributed by atoms with Crippen molar-refractivity contribution in [1.29, 1.82) is 0 Å². The number of nitrogens with zero attached hydrogens (tertiary/aromatic N) is 2. The van der Waals surface area contributed by atoms with Crippen LogP contribution >= 0.6 is 0 Å². The van der Waals surface area contributed by atoms with Gasteiger partial charge in [0.25, 0.3) is 0 Å². The molecule has 0 amide bonds. The molecule has 5 N–H and O–H groups in total. The van der Waals surface area contributed by atoms with E-state index in [9.17, 15) is 22.7 Å². The third-order valence-corrected chi connectivity index (χ3v) is 5.74. The highest BCUT2D eigenvalue weighted by atomic mass is 19.4. The summed E-state index contributed by atoms with van der Waals surface area (Å²) in [5.41, 5.74) is 10.3. The number of aliphatic hydroxyl groups excluding tert-OH is 1. The molecule has 2 aromatic carbocycles. The largest absolute Gasteiger partial charge is 0.430 e. The van der Waals surface area contributed by atoms with Gasteiger partial charge >= 0.3 is 6.18 Å². The molecule has 2 atom stereocenters. The molecule has 0 bridgehead atoms. The van der Waals surface area contributed by atoms with Gasteiger partial charge in [-0.3, -0.25) is 4.99 Å². The molecule has 6 nitrogen and oxygen atoms in total. The Balaban J connectivity index is 1.96. The maximum Gasteiger partial charge on any atom is 0.430 e. The number of rotatable bonds is 11. The molecule has 1 aliphatic rings. The van der Waals surface area contributed by atoms with E-state index in [1.54, 1.807) is 6.92 Å². The van der Waals surface area contributed by atoms with Gasteiger partial charge in [-0.1, -0.05) is 30.3 Å². The van der Waals surface area contributed by atoms with Crippen molar-refractivity contribution in [3.05, 3.63) is 89.0 Å². The fourth-order valence-corrected chi connectivity index (χ4v) is 3.37. The first kappa shape index (κ1) is 28.1. The Morgan fingerprint density at radius 1 is 1.19 bits per heavy atom. The van der Waals surface area contributed by atoms with Crippen LogP contribution < -0.4 is 11.5 Å². The number of alkyl halides is 3. The van der Waals surface area contributed by atoms with Crippen LogP contribution in [-0.4, -0.2) is 35.9 Å². The minimum atomic E-state index is -4.86. The highest BCUT2D eigenvalue weighted by Gasteiger charge is 2.32. The van der Waals surface area contributed by atoms with Crippen LogP contribution in [0.25, 0.3) is 0 Å². The topological polar surface area (TPSA) is 106 Å². The maximum atomic E-state index is 14.1. The fraction of sp³-hybridized carbons (Fsp3) is 0.333. The second kappa shape index (κ2) is 12.6. The Bertz CT molecular complexity index is 1170. The van der Waals surface area contributed by atoms with Gasteiger partial charge in [0, 0.05) is 30.1 Å². The van der Waals surface area contributed by atoms with Gasteiger partial charge in [-0.15, -0.1) is 0 Å². The fourth-order valence-electron chi connectivity index (χ4n) is 3.37. The molecule has 0 heterocycles. The van der Waals surface area contributed by atoms with Crippen molar-refractivity contribution < 1.29 is 27.4 Å². The molecule has 1 unspecified atom stereocenters. The zero-order valence-corrected chi connectivity index (χ0v) is 20.3. The second-order valence-electron chi connectivity index (χ2n) is 8.78. The average molecular weight is 519 g/mol. The van der Waals surface area contributed by atoms with Crippen molar-refractivity contribution in [2.24, 2.45) is 27.4 Å². The number of allylic oxidation sites excluding steroid dienone is 1. The van der Waals surface area contributed by atoms with Crippen LogP contribution in [0.15, 0.2) is 82.1 Å². The molecular formula is C27H30F4N4O2. The van der Waals surface area contributed by atoms with Crippen molar-refractivity contribution >= 4 is 17.6 Å². The molecule has 1 fully saturated rings. The zero-order valence-electron chi connectivity index (χ0n) is 20.3. The zero-order chi connectivity index (χ0) is 27.0. The summed E-state index contributed by atoms with van der Waals surface area (Å²) in [4.78, 5) is 8.48. The van der Waals surface area contributed by atoms with E-state index >= 15 is 0 Å². The molecular weight excluding hydrogens is 488 g/mol. The van der Waals surface area contributed by atoms with E-state index in [4.69, 9.17) is 16.2 Å². The smallest absolute Gasteiger partial charge is 0.404 e. The number of aliphatic hydroxyl groups is 1. The van der Waals surface area contributed by atoms with Crippen LogP contribution in [0.1, 0.15) is 37.0 Å². The van der Waals surface area contributed by atoms with Crippen LogP contribution in [-0.2, 0) is 11.3 Å². The Morgan fingerprint density at radius 2 is 1.89 bits per heavy atom. The molecule has 1 aliphatic carbocycles. The summed E-state index contributed by atoms with van der Waals surface area (Å²) in [6.45, 7) is 2.41. The summed E-state index contributed by atoms with van der Waals surface area (Å²) in [5, 5.41) is 10.9. The Labute approximate surface area is 213 Å². The molecule has 10 heteroatoms. The quantitative estimate of drug-likeness (QED) is 0.279. The van der Waals surface area contributed by atoms with E-state index in [0.29, 0.717) is 18.5 Å². The van der Waals surface area contributed by atoms with Gasteiger partial charge in [-0.2, -0.15) is 13.2 Å². The summed E-state index contributed by atoms with van der Waals surface area (Å²) in [6, 6.07) is 12.9. The summed E-state index contributed by atoms with van der Waals surface area (Å²) in [7, 11) is 0. The van der Waals surface area contributed by atoms with Gasteiger partial charge in [0.15, 0.2) is 0 Å². The molecule has 0 radical (unpaired) electrons. The summed E-state index contributed by atoms with van der Waals surface area (Å²) >= 11 is 0. The Kier molecular flexibility index (Phi) is 9.60. The van der Waals surface area contributed by atoms with Crippen molar-refractivity contribution in [2.45, 2.75) is 44.8 Å². The predicted octanol–water partition coefficient (Wildman–Crippen LogP) is 5.27. The number of benzene rings is 2. The number of ether oxygens (including phenoxy) is 1. The van der Waals surface area contributed by atoms with E-state index in [0.717, 1.165) is 30.7 Å². The van der Waals surface area contributed by atoms with Crippen LogP contribution in [0, 0.1) is 11.7 Å². The number of nitrogens with two attached hydrogens (primary N) is 2. The van der Waals surface area contributed by atoms with E-state index in [1.165, 1.54) is 18.3 Å². The second-order valence-corrected chi connectivity index (χ2v) is 8.78. The lowest BCUT2D eigenvalue weighted by Crippen LogP contribution is -2.27. The number of hydrogen-bond acceptors (Lipinski definition) is 6. The van der Waals surface area contributed by atoms with E-state index in [1.807, 2.05) is 30.3 Å². The van der Waals surface area contributed by atoms with Crippen molar-refractivity contribution in [3.63, 3.8) is 0 Å². The first-order valence-corrected chi connectivity index (χ1v) is 11.8. The molecule has 3 rings (SSSR count). The first-order valence-electron chi connectivity index (χ1n) is 11.8. The lowest BCUT2D eigenvalue weighted by atomic mass is 10.0. The van der Waals surface area contributed by atoms with Crippen LogP contribution in [0.5, 0.6) is 0 Å². The molecule has 0 saturated heterocycles. The lowest BCUT2D eigenvalue weighted by molar-refractivity contribution is -0.0925. The standard InChI is InChI=1S/C27H30F4N4O2/c1-17(37-16-19-5-3-2-4-6-19)22-11-21(28)9-10-23(22)35-24(12-25(33)27(29,30)31)26(36)20(13-32)15-34-14-18-7-8-18/h2-6,9-13,15,17-18,26,36H,7-8,14,16,32-33H2,1H3/t17-,26?/m1/s1. The van der Waals surface area contributed by atoms with E-state index < -0.39 is 35.6 Å².